The summed E-state index contributed by atoms with van der Waals surface area (Å²) in [5.41, 5.74) is 6.82. The van der Waals surface area contributed by atoms with Gasteiger partial charge < -0.3 is 0 Å². The number of hydrogen-bond acceptors (Lipinski definition) is 3. The Kier molecular flexibility index (Phi) is 6.30. The molecule has 2 aromatic rings. The van der Waals surface area contributed by atoms with E-state index in [1.165, 1.54) is 12.1 Å². The third-order valence-electron chi connectivity index (χ3n) is 2.87. The molecule has 0 spiro atoms. The Bertz CT molecular complexity index is 745. The van der Waals surface area contributed by atoms with Crippen molar-refractivity contribution < 1.29 is 9.00 Å². The number of hydrazine groups is 1. The molecule has 0 aliphatic carbocycles. The molecule has 1 amide bonds. The third kappa shape index (κ3) is 5.11. The molecule has 1 atom stereocenters. The van der Waals surface area contributed by atoms with Gasteiger partial charge in [-0.3, -0.25) is 19.9 Å². The number of carbonyl (C=O) groups is 1. The zero-order chi connectivity index (χ0) is 17.0. The van der Waals surface area contributed by atoms with E-state index in [2.05, 4.69) is 10.9 Å². The zero-order valence-corrected chi connectivity index (χ0v) is 15.1. The Balaban J connectivity index is 2.10. The van der Waals surface area contributed by atoms with Gasteiger partial charge in [0.1, 0.15) is 0 Å². The Labute approximate surface area is 151 Å². The van der Waals surface area contributed by atoms with Crippen LogP contribution in [-0.2, 0) is 16.6 Å². The average Bonchev–Trinajstić information content (AvgIpc) is 2.45. The molecule has 2 aromatic carbocycles. The number of amides is 1. The molecule has 0 unspecified atom stereocenters. The lowest BCUT2D eigenvalue weighted by Crippen LogP contribution is -2.29. The van der Waals surface area contributed by atoms with Gasteiger partial charge in [0.15, 0.2) is 0 Å². The molecule has 0 saturated heterocycles. The lowest BCUT2D eigenvalue weighted by Gasteiger charge is -2.12. The topological polar surface area (TPSA) is 58.2 Å². The Hall–Kier alpha value is -1.27. The fourth-order valence-electron chi connectivity index (χ4n) is 1.89. The van der Waals surface area contributed by atoms with Crippen molar-refractivity contribution in [3.05, 3.63) is 62.6 Å². The van der Waals surface area contributed by atoms with Crippen LogP contribution in [0.4, 0.5) is 5.69 Å². The summed E-state index contributed by atoms with van der Waals surface area (Å²) >= 11 is 17.9. The zero-order valence-electron chi connectivity index (χ0n) is 12.0. The summed E-state index contributed by atoms with van der Waals surface area (Å²) in [7, 11) is -0.975. The molecule has 23 heavy (non-hydrogen) atoms. The van der Waals surface area contributed by atoms with Crippen LogP contribution >= 0.6 is 34.8 Å². The van der Waals surface area contributed by atoms with Gasteiger partial charge in [0, 0.05) is 33.4 Å². The fourth-order valence-corrected chi connectivity index (χ4v) is 3.45. The minimum absolute atomic E-state index is 0.290. The number of benzene rings is 2. The van der Waals surface area contributed by atoms with Gasteiger partial charge in [0.25, 0.3) is 5.91 Å². The highest BCUT2D eigenvalue weighted by atomic mass is 35.5. The molecule has 122 valence electrons. The summed E-state index contributed by atoms with van der Waals surface area (Å²) in [5.74, 6) is 0.0273. The van der Waals surface area contributed by atoms with Crippen molar-refractivity contribution in [1.29, 1.82) is 0 Å². The van der Waals surface area contributed by atoms with Crippen molar-refractivity contribution in [1.82, 2.24) is 5.43 Å². The maximum absolute atomic E-state index is 12.2. The Morgan fingerprint density at radius 1 is 1.13 bits per heavy atom. The van der Waals surface area contributed by atoms with E-state index >= 15 is 0 Å². The first-order valence-electron chi connectivity index (χ1n) is 6.46. The van der Waals surface area contributed by atoms with Crippen LogP contribution in [0, 0.1) is 0 Å². The molecule has 2 rings (SSSR count). The van der Waals surface area contributed by atoms with Crippen molar-refractivity contribution >= 4 is 57.2 Å². The van der Waals surface area contributed by atoms with Gasteiger partial charge in [-0.25, -0.2) is 0 Å². The van der Waals surface area contributed by atoms with Gasteiger partial charge >= 0.3 is 0 Å². The highest BCUT2D eigenvalue weighted by Gasteiger charge is 2.11. The van der Waals surface area contributed by atoms with Crippen molar-refractivity contribution in [3.8, 4) is 0 Å². The Morgan fingerprint density at radius 3 is 2.39 bits per heavy atom. The highest BCUT2D eigenvalue weighted by molar-refractivity contribution is 7.83. The average molecular weight is 392 g/mol. The lowest BCUT2D eigenvalue weighted by molar-refractivity contribution is 0.0962. The van der Waals surface area contributed by atoms with Crippen molar-refractivity contribution in [3.63, 3.8) is 0 Å². The first-order valence-corrected chi connectivity index (χ1v) is 9.33. The van der Waals surface area contributed by atoms with Gasteiger partial charge in [-0.1, -0.05) is 46.9 Å². The molecule has 0 aromatic heterocycles. The molecule has 0 aliphatic rings. The van der Waals surface area contributed by atoms with E-state index in [-0.39, 0.29) is 16.0 Å². The van der Waals surface area contributed by atoms with E-state index in [4.69, 9.17) is 34.8 Å². The quantitative estimate of drug-likeness (QED) is 0.748. The van der Waals surface area contributed by atoms with Gasteiger partial charge in [0.2, 0.25) is 0 Å². The second kappa shape index (κ2) is 8.02. The first-order chi connectivity index (χ1) is 10.9. The third-order valence-corrected chi connectivity index (χ3v) is 4.42. The summed E-state index contributed by atoms with van der Waals surface area (Å²) in [6, 6.07) is 9.92. The molecule has 0 fully saturated rings. The molecular weight excluding hydrogens is 379 g/mol. The molecule has 0 radical (unpaired) electrons. The number of anilines is 1. The minimum Gasteiger partial charge on any atom is -0.295 e. The standard InChI is InChI=1S/C15H13Cl3N2O2S/c1-23(22)8-9-3-2-4-10(5-9)15(21)20-19-14-12(17)6-11(16)7-13(14)18/h2-7,19H,8H2,1H3,(H,20,21)/t23-/m0/s1. The Morgan fingerprint density at radius 2 is 1.78 bits per heavy atom. The van der Waals surface area contributed by atoms with Crippen LogP contribution in [0.5, 0.6) is 0 Å². The van der Waals surface area contributed by atoms with Crippen LogP contribution in [-0.4, -0.2) is 16.4 Å². The van der Waals surface area contributed by atoms with Crippen LogP contribution in [0.1, 0.15) is 15.9 Å². The number of halogens is 3. The van der Waals surface area contributed by atoms with E-state index in [1.54, 1.807) is 24.5 Å². The summed E-state index contributed by atoms with van der Waals surface area (Å²) in [6.07, 6.45) is 1.61. The van der Waals surface area contributed by atoms with E-state index in [9.17, 15) is 9.00 Å². The van der Waals surface area contributed by atoms with Gasteiger partial charge in [-0.2, -0.15) is 0 Å². The predicted molar refractivity (Wildman–Crippen MR) is 96.8 cm³/mol. The number of carbonyl (C=O) groups excluding carboxylic acids is 1. The summed E-state index contributed by atoms with van der Waals surface area (Å²) in [4.78, 5) is 12.2. The van der Waals surface area contributed by atoms with Crippen molar-refractivity contribution in [2.45, 2.75) is 5.75 Å². The van der Waals surface area contributed by atoms with Gasteiger partial charge in [-0.15, -0.1) is 0 Å². The molecule has 0 saturated carbocycles. The predicted octanol–water partition coefficient (Wildman–Crippen LogP) is 4.28. The fraction of sp³-hybridized carbons (Fsp3) is 0.133. The number of hydrogen-bond donors (Lipinski definition) is 2. The highest BCUT2D eigenvalue weighted by Crippen LogP contribution is 2.33. The molecular formula is C15H13Cl3N2O2S. The van der Waals surface area contributed by atoms with Crippen LogP contribution < -0.4 is 10.9 Å². The smallest absolute Gasteiger partial charge is 0.269 e. The number of nitrogens with one attached hydrogen (secondary N) is 2. The van der Waals surface area contributed by atoms with Gasteiger partial charge in [0.05, 0.1) is 15.7 Å². The van der Waals surface area contributed by atoms with E-state index in [1.807, 2.05) is 6.07 Å². The molecule has 0 bridgehead atoms. The maximum Gasteiger partial charge on any atom is 0.269 e. The normalized spacial score (nSPS) is 11.8. The number of rotatable bonds is 5. The maximum atomic E-state index is 12.2. The lowest BCUT2D eigenvalue weighted by atomic mass is 10.1. The van der Waals surface area contributed by atoms with Crippen LogP contribution in [0.3, 0.4) is 0 Å². The second-order valence-electron chi connectivity index (χ2n) is 4.74. The first kappa shape index (κ1) is 18.1. The molecule has 8 heteroatoms. The van der Waals surface area contributed by atoms with E-state index in [0.717, 1.165) is 5.56 Å². The summed E-state index contributed by atoms with van der Waals surface area (Å²) in [5, 5.41) is 0.980. The van der Waals surface area contributed by atoms with Crippen LogP contribution in [0.25, 0.3) is 0 Å². The SMILES string of the molecule is C[S@](=O)Cc1cccc(C(=O)NNc2c(Cl)cc(Cl)cc2Cl)c1. The minimum atomic E-state index is -0.975. The second-order valence-corrected chi connectivity index (χ2v) is 7.43. The summed E-state index contributed by atoms with van der Waals surface area (Å²) < 4.78 is 11.3. The van der Waals surface area contributed by atoms with Crippen molar-refractivity contribution in [2.75, 3.05) is 11.7 Å². The summed E-state index contributed by atoms with van der Waals surface area (Å²) in [6.45, 7) is 0. The largest absolute Gasteiger partial charge is 0.295 e. The molecule has 4 nitrogen and oxygen atoms in total. The van der Waals surface area contributed by atoms with E-state index < -0.39 is 10.8 Å². The van der Waals surface area contributed by atoms with E-state index in [0.29, 0.717) is 22.0 Å². The van der Waals surface area contributed by atoms with Gasteiger partial charge in [-0.05, 0) is 29.8 Å². The van der Waals surface area contributed by atoms with Crippen LogP contribution in [0.15, 0.2) is 36.4 Å². The monoisotopic (exact) mass is 390 g/mol. The van der Waals surface area contributed by atoms with Crippen LogP contribution in [0.2, 0.25) is 15.1 Å². The molecule has 2 N–H and O–H groups in total. The van der Waals surface area contributed by atoms with Crippen molar-refractivity contribution in [2.24, 2.45) is 0 Å². The molecule has 0 aliphatic heterocycles. The molecule has 0 heterocycles.